The van der Waals surface area contributed by atoms with E-state index in [9.17, 15) is 0 Å². The summed E-state index contributed by atoms with van der Waals surface area (Å²) < 4.78 is 0. The Morgan fingerprint density at radius 1 is 1.21 bits per heavy atom. The van der Waals surface area contributed by atoms with Crippen LogP contribution in [0.3, 0.4) is 0 Å². The summed E-state index contributed by atoms with van der Waals surface area (Å²) in [6, 6.07) is 12.3. The Balaban J connectivity index is 2.46. The molecule has 1 heterocycles. The zero-order valence-corrected chi connectivity index (χ0v) is 9.53. The average molecular weight is 223 g/mol. The van der Waals surface area contributed by atoms with E-state index in [1.54, 1.807) is 11.3 Å². The first kappa shape index (κ1) is 9.75. The van der Waals surface area contributed by atoms with E-state index in [0.29, 0.717) is 0 Å². The van der Waals surface area contributed by atoms with Gasteiger partial charge in [-0.2, -0.15) is 0 Å². The molecule has 0 nitrogen and oxygen atoms in total. The van der Waals surface area contributed by atoms with Crippen molar-refractivity contribution in [1.82, 2.24) is 0 Å². The summed E-state index contributed by atoms with van der Waals surface area (Å²) in [4.78, 5) is 2.53. The largest absolute Gasteiger partial charge is 0.139 e. The number of halogens is 1. The monoisotopic (exact) mass is 222 g/mol. The van der Waals surface area contributed by atoms with Crippen LogP contribution in [-0.4, -0.2) is 0 Å². The highest BCUT2D eigenvalue weighted by Crippen LogP contribution is 2.36. The van der Waals surface area contributed by atoms with Crippen LogP contribution >= 0.6 is 22.9 Å². The molecule has 0 atom stereocenters. The third-order valence-electron chi connectivity index (χ3n) is 2.12. The molecular formula is C12H11ClS. The van der Waals surface area contributed by atoms with Crippen LogP contribution in [0.4, 0.5) is 0 Å². The van der Waals surface area contributed by atoms with Gasteiger partial charge >= 0.3 is 0 Å². The van der Waals surface area contributed by atoms with Gasteiger partial charge in [-0.05, 0) is 18.1 Å². The van der Waals surface area contributed by atoms with Crippen LogP contribution in [0.1, 0.15) is 11.8 Å². The third-order valence-corrected chi connectivity index (χ3v) is 3.86. The lowest BCUT2D eigenvalue weighted by Gasteiger charge is -1.96. The molecule has 2 heteroatoms. The maximum absolute atomic E-state index is 6.17. The van der Waals surface area contributed by atoms with Gasteiger partial charge in [0.25, 0.3) is 0 Å². The van der Waals surface area contributed by atoms with E-state index in [-0.39, 0.29) is 0 Å². The predicted molar refractivity (Wildman–Crippen MR) is 64.1 cm³/mol. The molecule has 0 spiro atoms. The second-order valence-corrected chi connectivity index (χ2v) is 4.65. The lowest BCUT2D eigenvalue weighted by Crippen LogP contribution is -1.69. The van der Waals surface area contributed by atoms with Gasteiger partial charge in [-0.3, -0.25) is 0 Å². The van der Waals surface area contributed by atoms with Crippen LogP contribution in [0.15, 0.2) is 36.4 Å². The summed E-state index contributed by atoms with van der Waals surface area (Å²) in [5, 5.41) is 0.873. The van der Waals surface area contributed by atoms with Crippen molar-refractivity contribution in [3.63, 3.8) is 0 Å². The Kier molecular flexibility index (Phi) is 2.90. The molecule has 0 aliphatic heterocycles. The van der Waals surface area contributed by atoms with E-state index in [4.69, 9.17) is 11.6 Å². The second kappa shape index (κ2) is 4.16. The van der Waals surface area contributed by atoms with Crippen molar-refractivity contribution in [3.8, 4) is 10.4 Å². The van der Waals surface area contributed by atoms with E-state index >= 15 is 0 Å². The summed E-state index contributed by atoms with van der Waals surface area (Å²) in [6.45, 7) is 2.15. The molecule has 14 heavy (non-hydrogen) atoms. The van der Waals surface area contributed by atoms with Crippen molar-refractivity contribution in [2.45, 2.75) is 13.3 Å². The number of thiophene rings is 1. The first-order valence-electron chi connectivity index (χ1n) is 4.65. The van der Waals surface area contributed by atoms with E-state index < -0.39 is 0 Å². The average Bonchev–Trinajstić information content (AvgIpc) is 2.61. The van der Waals surface area contributed by atoms with Gasteiger partial charge in [-0.1, -0.05) is 48.9 Å². The molecule has 0 fully saturated rings. The van der Waals surface area contributed by atoms with Gasteiger partial charge in [0.1, 0.15) is 0 Å². The van der Waals surface area contributed by atoms with Crippen LogP contribution in [0.5, 0.6) is 0 Å². The van der Waals surface area contributed by atoms with Crippen molar-refractivity contribution in [3.05, 3.63) is 46.3 Å². The summed E-state index contributed by atoms with van der Waals surface area (Å²) in [5.74, 6) is 0. The molecular weight excluding hydrogens is 212 g/mol. The van der Waals surface area contributed by atoms with Gasteiger partial charge in [0.15, 0.2) is 0 Å². The van der Waals surface area contributed by atoms with Gasteiger partial charge < -0.3 is 0 Å². The summed E-state index contributed by atoms with van der Waals surface area (Å²) in [6.07, 6.45) is 1.05. The first-order chi connectivity index (χ1) is 6.81. The molecule has 0 saturated heterocycles. The lowest BCUT2D eigenvalue weighted by molar-refractivity contribution is 1.19. The van der Waals surface area contributed by atoms with Gasteiger partial charge in [-0.25, -0.2) is 0 Å². The molecule has 1 aromatic heterocycles. The molecule has 2 rings (SSSR count). The highest BCUT2D eigenvalue weighted by atomic mass is 35.5. The Labute approximate surface area is 93.2 Å². The smallest absolute Gasteiger partial charge is 0.0595 e. The van der Waals surface area contributed by atoms with Crippen LogP contribution in [0.25, 0.3) is 10.4 Å². The predicted octanol–water partition coefficient (Wildman–Crippen LogP) is 4.63. The highest BCUT2D eigenvalue weighted by Gasteiger charge is 2.07. The van der Waals surface area contributed by atoms with E-state index in [1.807, 2.05) is 18.2 Å². The minimum atomic E-state index is 0.873. The number of rotatable bonds is 2. The van der Waals surface area contributed by atoms with E-state index in [2.05, 4.69) is 25.1 Å². The molecule has 0 saturated carbocycles. The third kappa shape index (κ3) is 1.84. The summed E-state index contributed by atoms with van der Waals surface area (Å²) >= 11 is 7.95. The fraction of sp³-hybridized carbons (Fsp3) is 0.167. The van der Waals surface area contributed by atoms with Crippen LogP contribution in [-0.2, 0) is 6.42 Å². The molecule has 0 aliphatic carbocycles. The number of benzene rings is 1. The standard InChI is InChI=1S/C12H11ClS/c1-2-10-8-11(13)12(14-10)9-6-4-3-5-7-9/h3-8H,2H2,1H3. The normalized spacial score (nSPS) is 10.4. The fourth-order valence-corrected chi connectivity index (χ4v) is 2.79. The van der Waals surface area contributed by atoms with E-state index in [1.165, 1.54) is 15.3 Å². The second-order valence-electron chi connectivity index (χ2n) is 3.11. The van der Waals surface area contributed by atoms with Crippen molar-refractivity contribution in [1.29, 1.82) is 0 Å². The minimum absolute atomic E-state index is 0.873. The van der Waals surface area contributed by atoms with Crippen molar-refractivity contribution >= 4 is 22.9 Å². The molecule has 0 radical (unpaired) electrons. The number of hydrogen-bond acceptors (Lipinski definition) is 1. The van der Waals surface area contributed by atoms with Gasteiger partial charge in [0.2, 0.25) is 0 Å². The molecule has 0 unspecified atom stereocenters. The van der Waals surface area contributed by atoms with Crippen LogP contribution < -0.4 is 0 Å². The zero-order chi connectivity index (χ0) is 9.97. The minimum Gasteiger partial charge on any atom is -0.139 e. The van der Waals surface area contributed by atoms with Crippen molar-refractivity contribution in [2.75, 3.05) is 0 Å². The van der Waals surface area contributed by atoms with Crippen LogP contribution in [0.2, 0.25) is 5.02 Å². The maximum atomic E-state index is 6.17. The number of aryl methyl sites for hydroxylation is 1. The van der Waals surface area contributed by atoms with E-state index in [0.717, 1.165) is 11.4 Å². The number of hydrogen-bond donors (Lipinski definition) is 0. The molecule has 72 valence electrons. The first-order valence-corrected chi connectivity index (χ1v) is 5.84. The van der Waals surface area contributed by atoms with Crippen LogP contribution in [0, 0.1) is 0 Å². The molecule has 0 N–H and O–H groups in total. The van der Waals surface area contributed by atoms with Gasteiger partial charge in [0, 0.05) is 4.88 Å². The zero-order valence-electron chi connectivity index (χ0n) is 7.96. The molecule has 0 bridgehead atoms. The summed E-state index contributed by atoms with van der Waals surface area (Å²) in [5.41, 5.74) is 1.21. The Hall–Kier alpha value is -0.790. The Morgan fingerprint density at radius 3 is 2.50 bits per heavy atom. The molecule has 0 amide bonds. The highest BCUT2D eigenvalue weighted by molar-refractivity contribution is 7.16. The Morgan fingerprint density at radius 2 is 1.93 bits per heavy atom. The van der Waals surface area contributed by atoms with Crippen molar-refractivity contribution < 1.29 is 0 Å². The van der Waals surface area contributed by atoms with Crippen molar-refractivity contribution in [2.24, 2.45) is 0 Å². The quantitative estimate of drug-likeness (QED) is 0.695. The molecule has 2 aromatic rings. The Bertz CT molecular complexity index is 417. The fourth-order valence-electron chi connectivity index (χ4n) is 1.38. The lowest BCUT2D eigenvalue weighted by atomic mass is 10.2. The van der Waals surface area contributed by atoms with Gasteiger partial charge in [0.05, 0.1) is 9.90 Å². The summed E-state index contributed by atoms with van der Waals surface area (Å²) in [7, 11) is 0. The topological polar surface area (TPSA) is 0 Å². The maximum Gasteiger partial charge on any atom is 0.0595 e. The van der Waals surface area contributed by atoms with Gasteiger partial charge in [-0.15, -0.1) is 11.3 Å². The molecule has 1 aromatic carbocycles. The SMILES string of the molecule is CCc1cc(Cl)c(-c2ccccc2)s1. The molecule has 0 aliphatic rings.